The van der Waals surface area contributed by atoms with Crippen LogP contribution in [-0.4, -0.2) is 23.3 Å². The quantitative estimate of drug-likeness (QED) is 0.790. The molecule has 2 N–H and O–H groups in total. The fraction of sp³-hybridized carbons (Fsp3) is 0.571. The van der Waals surface area contributed by atoms with Gasteiger partial charge in [-0.05, 0) is 37.3 Å². The minimum atomic E-state index is -0.511. The predicted molar refractivity (Wildman–Crippen MR) is 64.2 cm³/mol. The molecule has 2 heteroatoms. The molecule has 16 heavy (non-hydrogen) atoms. The van der Waals surface area contributed by atoms with Crippen LogP contribution < -0.4 is 5.32 Å². The molecule has 2 nitrogen and oxygen atoms in total. The van der Waals surface area contributed by atoms with Crippen LogP contribution in [0.4, 0.5) is 0 Å². The first-order chi connectivity index (χ1) is 7.78. The van der Waals surface area contributed by atoms with E-state index in [2.05, 4.69) is 17.4 Å². The lowest BCUT2D eigenvalue weighted by Gasteiger charge is -2.30. The molecule has 0 radical (unpaired) electrons. The van der Waals surface area contributed by atoms with Crippen LogP contribution in [0.15, 0.2) is 30.3 Å². The Morgan fingerprint density at radius 3 is 2.88 bits per heavy atom. The molecule has 0 bridgehead atoms. The number of rotatable bonds is 2. The predicted octanol–water partition coefficient (Wildman–Crippen LogP) is 1.73. The second-order valence-electron chi connectivity index (χ2n) is 5.29. The second kappa shape index (κ2) is 3.86. The van der Waals surface area contributed by atoms with Crippen molar-refractivity contribution in [3.63, 3.8) is 0 Å². The normalized spacial score (nSPS) is 37.6. The lowest BCUT2D eigenvalue weighted by molar-refractivity contribution is 0.0214. The molecule has 3 rings (SSSR count). The van der Waals surface area contributed by atoms with Gasteiger partial charge in [0.15, 0.2) is 0 Å². The molecule has 1 heterocycles. The molecule has 0 spiro atoms. The van der Waals surface area contributed by atoms with Crippen molar-refractivity contribution in [3.05, 3.63) is 35.9 Å². The van der Waals surface area contributed by atoms with Gasteiger partial charge in [-0.25, -0.2) is 0 Å². The van der Waals surface area contributed by atoms with Crippen molar-refractivity contribution in [1.82, 2.24) is 5.32 Å². The molecular formula is C14H19NO. The Morgan fingerprint density at radius 2 is 2.06 bits per heavy atom. The molecule has 1 aromatic carbocycles. The maximum atomic E-state index is 10.8. The SMILES string of the molecule is O[C@]1(Cc2ccccc2)CC[C@@H]2CCN[C@@H]21. The summed E-state index contributed by atoms with van der Waals surface area (Å²) >= 11 is 0. The molecule has 1 aromatic rings. The van der Waals surface area contributed by atoms with Crippen molar-refractivity contribution in [3.8, 4) is 0 Å². The van der Waals surface area contributed by atoms with Crippen LogP contribution in [0.3, 0.4) is 0 Å². The van der Waals surface area contributed by atoms with E-state index < -0.39 is 5.60 Å². The highest BCUT2D eigenvalue weighted by atomic mass is 16.3. The summed E-state index contributed by atoms with van der Waals surface area (Å²) in [6, 6.07) is 10.7. The molecular weight excluding hydrogens is 198 g/mol. The van der Waals surface area contributed by atoms with Crippen LogP contribution in [0.5, 0.6) is 0 Å². The van der Waals surface area contributed by atoms with Gasteiger partial charge < -0.3 is 10.4 Å². The summed E-state index contributed by atoms with van der Waals surface area (Å²) in [6.07, 6.45) is 4.16. The average Bonchev–Trinajstić information content (AvgIpc) is 2.86. The summed E-state index contributed by atoms with van der Waals surface area (Å²) in [5.41, 5.74) is 0.738. The summed E-state index contributed by atoms with van der Waals surface area (Å²) in [5, 5.41) is 14.2. The molecule has 0 amide bonds. The van der Waals surface area contributed by atoms with Crippen molar-refractivity contribution in [2.75, 3.05) is 6.54 Å². The van der Waals surface area contributed by atoms with E-state index in [4.69, 9.17) is 0 Å². The maximum Gasteiger partial charge on any atom is 0.0842 e. The second-order valence-corrected chi connectivity index (χ2v) is 5.29. The molecule has 86 valence electrons. The number of benzene rings is 1. The standard InChI is InChI=1S/C14H19NO/c16-14(10-11-4-2-1-3-5-11)8-6-12-7-9-15-13(12)14/h1-5,12-13,15-16H,6-10H2/t12-,13+,14+/m1/s1. The van der Waals surface area contributed by atoms with Gasteiger partial charge in [0, 0.05) is 12.5 Å². The van der Waals surface area contributed by atoms with Crippen LogP contribution in [0.1, 0.15) is 24.8 Å². The van der Waals surface area contributed by atoms with Gasteiger partial charge in [-0.15, -0.1) is 0 Å². The first-order valence-electron chi connectivity index (χ1n) is 6.28. The van der Waals surface area contributed by atoms with Gasteiger partial charge in [0.1, 0.15) is 0 Å². The van der Waals surface area contributed by atoms with Crippen LogP contribution >= 0.6 is 0 Å². The summed E-state index contributed by atoms with van der Waals surface area (Å²) in [5.74, 6) is 0.703. The van der Waals surface area contributed by atoms with E-state index in [9.17, 15) is 5.11 Å². The Balaban J connectivity index is 1.79. The zero-order valence-electron chi connectivity index (χ0n) is 9.52. The van der Waals surface area contributed by atoms with Gasteiger partial charge in [-0.2, -0.15) is 0 Å². The summed E-state index contributed by atoms with van der Waals surface area (Å²) < 4.78 is 0. The lowest BCUT2D eigenvalue weighted by atomic mass is 9.88. The smallest absolute Gasteiger partial charge is 0.0842 e. The Kier molecular flexibility index (Phi) is 2.49. The molecule has 2 fully saturated rings. The minimum Gasteiger partial charge on any atom is -0.388 e. The van der Waals surface area contributed by atoms with E-state index in [1.54, 1.807) is 0 Å². The van der Waals surface area contributed by atoms with E-state index in [0.717, 1.165) is 19.4 Å². The third kappa shape index (κ3) is 1.66. The van der Waals surface area contributed by atoms with Crippen molar-refractivity contribution in [1.29, 1.82) is 0 Å². The third-order valence-corrected chi connectivity index (χ3v) is 4.23. The molecule has 2 aliphatic rings. The van der Waals surface area contributed by atoms with Gasteiger partial charge in [-0.1, -0.05) is 30.3 Å². The molecule has 1 saturated carbocycles. The molecule has 0 unspecified atom stereocenters. The van der Waals surface area contributed by atoms with Crippen molar-refractivity contribution >= 4 is 0 Å². The highest BCUT2D eigenvalue weighted by Gasteiger charge is 2.48. The highest BCUT2D eigenvalue weighted by Crippen LogP contribution is 2.41. The average molecular weight is 217 g/mol. The Hall–Kier alpha value is -0.860. The number of aliphatic hydroxyl groups is 1. The van der Waals surface area contributed by atoms with Gasteiger partial charge >= 0.3 is 0 Å². The van der Waals surface area contributed by atoms with Crippen LogP contribution in [0.25, 0.3) is 0 Å². The Labute approximate surface area is 96.7 Å². The molecule has 0 aromatic heterocycles. The van der Waals surface area contributed by atoms with Crippen LogP contribution in [0, 0.1) is 5.92 Å². The van der Waals surface area contributed by atoms with E-state index in [0.29, 0.717) is 12.0 Å². The summed E-state index contributed by atoms with van der Waals surface area (Å²) in [6.45, 7) is 1.08. The number of nitrogens with one attached hydrogen (secondary N) is 1. The van der Waals surface area contributed by atoms with Crippen LogP contribution in [0.2, 0.25) is 0 Å². The summed E-state index contributed by atoms with van der Waals surface area (Å²) in [4.78, 5) is 0. The molecule has 1 aliphatic heterocycles. The fourth-order valence-corrected chi connectivity index (χ4v) is 3.44. The third-order valence-electron chi connectivity index (χ3n) is 4.23. The van der Waals surface area contributed by atoms with Crippen LogP contribution in [-0.2, 0) is 6.42 Å². The van der Waals surface area contributed by atoms with Gasteiger partial charge in [0.05, 0.1) is 5.60 Å². The number of hydrogen-bond acceptors (Lipinski definition) is 2. The molecule has 3 atom stereocenters. The Morgan fingerprint density at radius 1 is 1.25 bits per heavy atom. The zero-order valence-corrected chi connectivity index (χ0v) is 9.52. The van der Waals surface area contributed by atoms with E-state index in [1.165, 1.54) is 18.4 Å². The molecule has 1 saturated heterocycles. The van der Waals surface area contributed by atoms with Gasteiger partial charge in [-0.3, -0.25) is 0 Å². The van der Waals surface area contributed by atoms with Gasteiger partial charge in [0.2, 0.25) is 0 Å². The van der Waals surface area contributed by atoms with Crippen molar-refractivity contribution in [2.45, 2.75) is 37.3 Å². The lowest BCUT2D eigenvalue weighted by Crippen LogP contribution is -2.47. The van der Waals surface area contributed by atoms with Gasteiger partial charge in [0.25, 0.3) is 0 Å². The largest absolute Gasteiger partial charge is 0.388 e. The van der Waals surface area contributed by atoms with E-state index in [1.807, 2.05) is 18.2 Å². The van der Waals surface area contributed by atoms with Crippen molar-refractivity contribution in [2.24, 2.45) is 5.92 Å². The number of hydrogen-bond donors (Lipinski definition) is 2. The molecule has 1 aliphatic carbocycles. The highest BCUT2D eigenvalue weighted by molar-refractivity contribution is 5.20. The van der Waals surface area contributed by atoms with Crippen molar-refractivity contribution < 1.29 is 5.11 Å². The Bertz CT molecular complexity index is 364. The topological polar surface area (TPSA) is 32.3 Å². The summed E-state index contributed by atoms with van der Waals surface area (Å²) in [7, 11) is 0. The minimum absolute atomic E-state index is 0.327. The first-order valence-corrected chi connectivity index (χ1v) is 6.28. The maximum absolute atomic E-state index is 10.8. The van der Waals surface area contributed by atoms with E-state index in [-0.39, 0.29) is 0 Å². The fourth-order valence-electron chi connectivity index (χ4n) is 3.44. The first kappa shape index (κ1) is 10.3. The van der Waals surface area contributed by atoms with E-state index >= 15 is 0 Å². The zero-order chi connectivity index (χ0) is 11.0. The monoisotopic (exact) mass is 217 g/mol. The number of fused-ring (bicyclic) bond motifs is 1.